The molecule has 2 aromatic carbocycles. The van der Waals surface area contributed by atoms with Crippen molar-refractivity contribution in [2.24, 2.45) is 0 Å². The van der Waals surface area contributed by atoms with Crippen LogP contribution in [0.25, 0.3) is 11.1 Å². The van der Waals surface area contributed by atoms with Crippen LogP contribution in [-0.4, -0.2) is 4.98 Å². The van der Waals surface area contributed by atoms with Crippen molar-refractivity contribution in [3.8, 4) is 11.1 Å². The number of nitrogen functional groups attached to an aromatic ring is 1. The number of rotatable bonds is 3. The molecule has 4 rings (SSSR count). The third-order valence-corrected chi connectivity index (χ3v) is 5.69. The number of nitrogens with zero attached hydrogens (tertiary/aromatic N) is 1. The summed E-state index contributed by atoms with van der Waals surface area (Å²) < 4.78 is 0. The highest BCUT2D eigenvalue weighted by molar-refractivity contribution is 7.13. The monoisotopic (exact) mass is 320 g/mol. The largest absolute Gasteiger partial charge is 0.375 e. The van der Waals surface area contributed by atoms with Gasteiger partial charge in [0.15, 0.2) is 5.13 Å². The van der Waals surface area contributed by atoms with E-state index in [9.17, 15) is 0 Å². The molecule has 0 amide bonds. The van der Waals surface area contributed by atoms with Gasteiger partial charge in [-0.1, -0.05) is 67.4 Å². The number of nitrogens with two attached hydrogens (primary N) is 1. The minimum atomic E-state index is 0.0589. The molecule has 2 nitrogen and oxygen atoms in total. The molecule has 1 heterocycles. The Kier molecular flexibility index (Phi) is 3.66. The normalized spacial score (nSPS) is 16.5. The number of aromatic nitrogens is 1. The molecule has 3 aromatic rings. The minimum absolute atomic E-state index is 0.0589. The van der Waals surface area contributed by atoms with E-state index in [2.05, 4.69) is 65.0 Å². The van der Waals surface area contributed by atoms with E-state index in [1.807, 2.05) is 0 Å². The maximum absolute atomic E-state index is 5.89. The molecule has 0 unspecified atom stereocenters. The third-order valence-electron chi connectivity index (χ3n) is 5.01. The van der Waals surface area contributed by atoms with Gasteiger partial charge in [0.2, 0.25) is 0 Å². The average molecular weight is 320 g/mol. The van der Waals surface area contributed by atoms with E-state index in [4.69, 9.17) is 5.73 Å². The van der Waals surface area contributed by atoms with E-state index in [1.165, 1.54) is 42.4 Å². The molecule has 0 saturated heterocycles. The van der Waals surface area contributed by atoms with Crippen LogP contribution in [0.2, 0.25) is 0 Å². The Morgan fingerprint density at radius 3 is 2.13 bits per heavy atom. The molecular weight excluding hydrogens is 300 g/mol. The van der Waals surface area contributed by atoms with Crippen molar-refractivity contribution >= 4 is 16.5 Å². The van der Waals surface area contributed by atoms with Crippen molar-refractivity contribution < 1.29 is 0 Å². The van der Waals surface area contributed by atoms with Crippen molar-refractivity contribution in [3.05, 3.63) is 71.2 Å². The maximum atomic E-state index is 5.89. The number of benzene rings is 2. The molecule has 23 heavy (non-hydrogen) atoms. The zero-order valence-corrected chi connectivity index (χ0v) is 13.9. The second-order valence-corrected chi connectivity index (χ2v) is 7.19. The molecule has 0 radical (unpaired) electrons. The van der Waals surface area contributed by atoms with Crippen LogP contribution < -0.4 is 5.73 Å². The lowest BCUT2D eigenvalue weighted by Gasteiger charge is -2.28. The predicted octanol–water partition coefficient (Wildman–Crippen LogP) is 5.25. The summed E-state index contributed by atoms with van der Waals surface area (Å²) in [6, 6.07) is 19.6. The van der Waals surface area contributed by atoms with Gasteiger partial charge in [-0.3, -0.25) is 0 Å². The predicted molar refractivity (Wildman–Crippen MR) is 97.7 cm³/mol. The van der Waals surface area contributed by atoms with Crippen molar-refractivity contribution in [2.45, 2.75) is 31.1 Å². The molecule has 2 N–H and O–H groups in total. The highest BCUT2D eigenvalue weighted by Gasteiger charge is 2.39. The molecule has 1 aromatic heterocycles. The molecule has 1 saturated carbocycles. The van der Waals surface area contributed by atoms with Gasteiger partial charge in [-0.05, 0) is 29.5 Å². The second-order valence-electron chi connectivity index (χ2n) is 6.30. The highest BCUT2D eigenvalue weighted by atomic mass is 32.1. The summed E-state index contributed by atoms with van der Waals surface area (Å²) in [5.74, 6) is 0. The molecule has 116 valence electrons. The van der Waals surface area contributed by atoms with Gasteiger partial charge in [-0.15, -0.1) is 11.3 Å². The zero-order valence-electron chi connectivity index (χ0n) is 13.0. The molecule has 3 heteroatoms. The highest BCUT2D eigenvalue weighted by Crippen LogP contribution is 2.47. The van der Waals surface area contributed by atoms with Crippen molar-refractivity contribution in [1.82, 2.24) is 4.98 Å². The summed E-state index contributed by atoms with van der Waals surface area (Å²) in [6.07, 6.45) is 4.86. The maximum Gasteiger partial charge on any atom is 0.180 e. The first-order chi connectivity index (χ1) is 11.3. The standard InChI is InChI=1S/C20H20N2S/c21-19-22-18(14-23-19)20(12-4-5-13-20)17-10-8-16(9-11-17)15-6-2-1-3-7-15/h1-3,6-11,14H,4-5,12-13H2,(H2,21,22). The summed E-state index contributed by atoms with van der Waals surface area (Å²) in [4.78, 5) is 4.62. The first-order valence-electron chi connectivity index (χ1n) is 8.15. The molecule has 0 spiro atoms. The molecule has 1 aliphatic rings. The van der Waals surface area contributed by atoms with Crippen LogP contribution in [0.1, 0.15) is 36.9 Å². The Morgan fingerprint density at radius 1 is 0.870 bits per heavy atom. The SMILES string of the molecule is Nc1nc(C2(c3ccc(-c4ccccc4)cc3)CCCC2)cs1. The average Bonchev–Trinajstić information content (AvgIpc) is 3.26. The number of hydrogen-bond acceptors (Lipinski definition) is 3. The van der Waals surface area contributed by atoms with Crippen LogP contribution in [0.4, 0.5) is 5.13 Å². The van der Waals surface area contributed by atoms with E-state index < -0.39 is 0 Å². The Labute approximate surface area is 141 Å². The van der Waals surface area contributed by atoms with Gasteiger partial charge in [-0.2, -0.15) is 0 Å². The van der Waals surface area contributed by atoms with Gasteiger partial charge in [-0.25, -0.2) is 4.98 Å². The fourth-order valence-corrected chi connectivity index (χ4v) is 4.45. The van der Waals surface area contributed by atoms with Crippen molar-refractivity contribution in [2.75, 3.05) is 5.73 Å². The van der Waals surface area contributed by atoms with Crippen LogP contribution in [-0.2, 0) is 5.41 Å². The lowest BCUT2D eigenvalue weighted by Crippen LogP contribution is -2.24. The molecule has 1 aliphatic carbocycles. The first-order valence-corrected chi connectivity index (χ1v) is 9.03. The number of anilines is 1. The quantitative estimate of drug-likeness (QED) is 0.715. The van der Waals surface area contributed by atoms with Crippen LogP contribution in [0.3, 0.4) is 0 Å². The first kappa shape index (κ1) is 14.5. The van der Waals surface area contributed by atoms with Crippen molar-refractivity contribution in [1.29, 1.82) is 0 Å². The molecular formula is C20H20N2S. The Morgan fingerprint density at radius 2 is 1.52 bits per heavy atom. The summed E-state index contributed by atoms with van der Waals surface area (Å²) in [5, 5.41) is 2.82. The van der Waals surface area contributed by atoms with E-state index in [-0.39, 0.29) is 5.41 Å². The van der Waals surface area contributed by atoms with E-state index in [1.54, 1.807) is 11.3 Å². The smallest absolute Gasteiger partial charge is 0.180 e. The fourth-order valence-electron chi connectivity index (χ4n) is 3.79. The van der Waals surface area contributed by atoms with E-state index in [0.717, 1.165) is 5.69 Å². The summed E-state index contributed by atoms with van der Waals surface area (Å²) in [7, 11) is 0. The van der Waals surface area contributed by atoms with Gasteiger partial charge in [0.25, 0.3) is 0 Å². The van der Waals surface area contributed by atoms with Crippen LogP contribution in [0, 0.1) is 0 Å². The lowest BCUT2D eigenvalue weighted by atomic mass is 9.76. The van der Waals surface area contributed by atoms with Crippen LogP contribution in [0.5, 0.6) is 0 Å². The van der Waals surface area contributed by atoms with Gasteiger partial charge in [0.05, 0.1) is 5.69 Å². The molecule has 0 aliphatic heterocycles. The molecule has 0 atom stereocenters. The number of thiazole rings is 1. The van der Waals surface area contributed by atoms with Gasteiger partial charge >= 0.3 is 0 Å². The number of hydrogen-bond donors (Lipinski definition) is 1. The fraction of sp³-hybridized carbons (Fsp3) is 0.250. The summed E-state index contributed by atoms with van der Waals surface area (Å²) in [5.41, 5.74) is 11.0. The Bertz CT molecular complexity index is 784. The van der Waals surface area contributed by atoms with Crippen molar-refractivity contribution in [3.63, 3.8) is 0 Å². The van der Waals surface area contributed by atoms with Crippen LogP contribution in [0.15, 0.2) is 60.0 Å². The zero-order chi connectivity index (χ0) is 15.7. The van der Waals surface area contributed by atoms with E-state index >= 15 is 0 Å². The van der Waals surface area contributed by atoms with Gasteiger partial charge in [0.1, 0.15) is 0 Å². The minimum Gasteiger partial charge on any atom is -0.375 e. The van der Waals surface area contributed by atoms with Gasteiger partial charge < -0.3 is 5.73 Å². The summed E-state index contributed by atoms with van der Waals surface area (Å²) >= 11 is 1.55. The Balaban J connectivity index is 1.73. The Hall–Kier alpha value is -2.13. The second kappa shape index (κ2) is 5.82. The molecule has 1 fully saturated rings. The topological polar surface area (TPSA) is 38.9 Å². The third kappa shape index (κ3) is 2.55. The lowest BCUT2D eigenvalue weighted by molar-refractivity contribution is 0.522. The van der Waals surface area contributed by atoms with E-state index in [0.29, 0.717) is 5.13 Å². The van der Waals surface area contributed by atoms with Gasteiger partial charge in [0, 0.05) is 10.8 Å². The molecule has 0 bridgehead atoms. The summed E-state index contributed by atoms with van der Waals surface area (Å²) in [6.45, 7) is 0. The van der Waals surface area contributed by atoms with Crippen LogP contribution >= 0.6 is 11.3 Å².